The van der Waals surface area contributed by atoms with Gasteiger partial charge in [-0.05, 0) is 12.1 Å². The Balaban J connectivity index is 1.89. The van der Waals surface area contributed by atoms with Crippen molar-refractivity contribution in [2.75, 3.05) is 31.8 Å². The minimum absolute atomic E-state index is 0.307. The Morgan fingerprint density at radius 2 is 2.19 bits per heavy atom. The Morgan fingerprint density at radius 1 is 1.31 bits per heavy atom. The van der Waals surface area contributed by atoms with Gasteiger partial charge in [-0.15, -0.1) is 0 Å². The van der Waals surface area contributed by atoms with Crippen LogP contribution >= 0.6 is 0 Å². The lowest BCUT2D eigenvalue weighted by Crippen LogP contribution is -2.35. The second-order valence-electron chi connectivity index (χ2n) is 3.73. The van der Waals surface area contributed by atoms with E-state index in [2.05, 4.69) is 10.3 Å². The van der Waals surface area contributed by atoms with E-state index in [1.165, 1.54) is 0 Å². The smallest absolute Gasteiger partial charge is 0.231 e. The molecule has 0 aliphatic carbocycles. The first-order valence-corrected chi connectivity index (χ1v) is 5.26. The zero-order valence-corrected chi connectivity index (χ0v) is 9.06. The summed E-state index contributed by atoms with van der Waals surface area (Å²) in [5, 5.41) is 3.23. The van der Waals surface area contributed by atoms with Gasteiger partial charge in [-0.25, -0.2) is 0 Å². The Kier molecular flexibility index (Phi) is 2.09. The van der Waals surface area contributed by atoms with Gasteiger partial charge in [0.05, 0.1) is 6.54 Å². The molecule has 0 aromatic heterocycles. The van der Waals surface area contributed by atoms with Gasteiger partial charge < -0.3 is 19.7 Å². The second-order valence-corrected chi connectivity index (χ2v) is 3.73. The number of nitrogens with one attached hydrogen (secondary N) is 1. The highest BCUT2D eigenvalue weighted by Gasteiger charge is 2.17. The summed E-state index contributed by atoms with van der Waals surface area (Å²) in [5.41, 5.74) is 1.04. The van der Waals surface area contributed by atoms with Crippen molar-refractivity contribution < 1.29 is 9.47 Å². The van der Waals surface area contributed by atoms with Gasteiger partial charge in [0, 0.05) is 25.3 Å². The highest BCUT2D eigenvalue weighted by Crippen LogP contribution is 2.35. The van der Waals surface area contributed by atoms with Crippen molar-refractivity contribution >= 4 is 11.6 Å². The summed E-state index contributed by atoms with van der Waals surface area (Å²) >= 11 is 0. The molecule has 5 heteroatoms. The minimum atomic E-state index is 0.307. The van der Waals surface area contributed by atoms with Crippen molar-refractivity contribution in [1.82, 2.24) is 5.32 Å². The van der Waals surface area contributed by atoms with E-state index in [1.807, 2.05) is 30.1 Å². The third-order valence-corrected chi connectivity index (χ3v) is 2.72. The molecule has 2 aliphatic rings. The lowest BCUT2D eigenvalue weighted by atomic mass is 10.2. The zero-order valence-electron chi connectivity index (χ0n) is 9.06. The van der Waals surface area contributed by atoms with Crippen molar-refractivity contribution in [2.45, 2.75) is 0 Å². The lowest BCUT2D eigenvalue weighted by Gasteiger charge is -2.19. The molecule has 0 amide bonds. The molecule has 3 rings (SSSR count). The molecule has 1 aromatic carbocycles. The molecule has 2 aliphatic heterocycles. The number of benzene rings is 1. The van der Waals surface area contributed by atoms with Crippen LogP contribution in [0.5, 0.6) is 11.5 Å². The van der Waals surface area contributed by atoms with Gasteiger partial charge in [0.1, 0.15) is 0 Å². The molecule has 0 saturated heterocycles. The maximum absolute atomic E-state index is 5.34. The molecule has 0 atom stereocenters. The summed E-state index contributed by atoms with van der Waals surface area (Å²) < 4.78 is 10.6. The first kappa shape index (κ1) is 9.33. The van der Waals surface area contributed by atoms with Gasteiger partial charge in [0.2, 0.25) is 6.79 Å². The number of nitrogens with zero attached hydrogens (tertiary/aromatic N) is 2. The van der Waals surface area contributed by atoms with Gasteiger partial charge in [-0.2, -0.15) is 0 Å². The number of anilines is 1. The maximum atomic E-state index is 5.34. The monoisotopic (exact) mass is 219 g/mol. The standard InChI is InChI=1S/C11H13N3O2/c1-14(11-12-4-5-13-11)8-2-3-9-10(6-8)16-7-15-9/h2-3,6H,4-5,7H2,1H3,(H,12,13). The lowest BCUT2D eigenvalue weighted by molar-refractivity contribution is 0.174. The summed E-state index contributed by atoms with van der Waals surface area (Å²) in [5.74, 6) is 2.50. The summed E-state index contributed by atoms with van der Waals surface area (Å²) in [6.07, 6.45) is 0. The molecule has 1 N–H and O–H groups in total. The SMILES string of the molecule is CN(C1=NCCN1)c1ccc2c(c1)OCO2. The van der Waals surface area contributed by atoms with E-state index < -0.39 is 0 Å². The molecule has 0 fully saturated rings. The number of guanidine groups is 1. The fourth-order valence-corrected chi connectivity index (χ4v) is 1.83. The van der Waals surface area contributed by atoms with Gasteiger partial charge in [0.25, 0.3) is 0 Å². The van der Waals surface area contributed by atoms with Crippen LogP contribution in [0.15, 0.2) is 23.2 Å². The molecular weight excluding hydrogens is 206 g/mol. The van der Waals surface area contributed by atoms with Crippen LogP contribution in [-0.2, 0) is 0 Å². The average molecular weight is 219 g/mol. The first-order valence-electron chi connectivity index (χ1n) is 5.26. The summed E-state index contributed by atoms with van der Waals surface area (Å²) in [4.78, 5) is 6.37. The van der Waals surface area contributed by atoms with E-state index in [9.17, 15) is 0 Å². The number of aliphatic imine (C=N–C) groups is 1. The number of hydrogen-bond donors (Lipinski definition) is 1. The second kappa shape index (κ2) is 3.59. The van der Waals surface area contributed by atoms with E-state index in [4.69, 9.17) is 9.47 Å². The van der Waals surface area contributed by atoms with Crippen LogP contribution in [0.1, 0.15) is 0 Å². The van der Waals surface area contributed by atoms with E-state index in [0.29, 0.717) is 6.79 Å². The Bertz CT molecular complexity index is 445. The van der Waals surface area contributed by atoms with Gasteiger partial charge in [-0.1, -0.05) is 0 Å². The molecule has 0 saturated carbocycles. The quantitative estimate of drug-likeness (QED) is 0.759. The van der Waals surface area contributed by atoms with Crippen LogP contribution in [0.2, 0.25) is 0 Å². The highest BCUT2D eigenvalue weighted by molar-refractivity contribution is 5.96. The van der Waals surface area contributed by atoms with Crippen LogP contribution < -0.4 is 19.7 Å². The third kappa shape index (κ3) is 1.44. The molecule has 16 heavy (non-hydrogen) atoms. The van der Waals surface area contributed by atoms with Crippen LogP contribution in [0.25, 0.3) is 0 Å². The average Bonchev–Trinajstić information content (AvgIpc) is 2.98. The third-order valence-electron chi connectivity index (χ3n) is 2.72. The summed E-state index contributed by atoms with van der Waals surface area (Å²) in [6.45, 7) is 2.05. The zero-order chi connectivity index (χ0) is 11.0. The molecule has 1 aromatic rings. The topological polar surface area (TPSA) is 46.1 Å². The number of hydrogen-bond acceptors (Lipinski definition) is 5. The van der Waals surface area contributed by atoms with Crippen LogP contribution in [0, 0.1) is 0 Å². The molecule has 0 unspecified atom stereocenters. The summed E-state index contributed by atoms with van der Waals surface area (Å²) in [6, 6.07) is 5.88. The van der Waals surface area contributed by atoms with E-state index in [0.717, 1.165) is 36.2 Å². The largest absolute Gasteiger partial charge is 0.454 e. The van der Waals surface area contributed by atoms with Crippen molar-refractivity contribution in [3.05, 3.63) is 18.2 Å². The van der Waals surface area contributed by atoms with Crippen LogP contribution in [-0.4, -0.2) is 32.9 Å². The molecule has 0 radical (unpaired) electrons. The Hall–Kier alpha value is -1.91. The Morgan fingerprint density at radius 3 is 3.00 bits per heavy atom. The predicted molar refractivity (Wildman–Crippen MR) is 61.3 cm³/mol. The van der Waals surface area contributed by atoms with E-state index >= 15 is 0 Å². The molecule has 5 nitrogen and oxygen atoms in total. The van der Waals surface area contributed by atoms with Crippen molar-refractivity contribution in [1.29, 1.82) is 0 Å². The first-order chi connectivity index (χ1) is 7.84. The predicted octanol–water partition coefficient (Wildman–Crippen LogP) is 0.811. The molecule has 2 heterocycles. The van der Waals surface area contributed by atoms with Crippen molar-refractivity contribution in [3.63, 3.8) is 0 Å². The van der Waals surface area contributed by atoms with Gasteiger partial charge in [0.15, 0.2) is 17.5 Å². The van der Waals surface area contributed by atoms with Gasteiger partial charge >= 0.3 is 0 Å². The van der Waals surface area contributed by atoms with Gasteiger partial charge in [-0.3, -0.25) is 4.99 Å². The number of ether oxygens (including phenoxy) is 2. The molecular formula is C11H13N3O2. The van der Waals surface area contributed by atoms with Crippen LogP contribution in [0.3, 0.4) is 0 Å². The maximum Gasteiger partial charge on any atom is 0.231 e. The highest BCUT2D eigenvalue weighted by atomic mass is 16.7. The fourth-order valence-electron chi connectivity index (χ4n) is 1.83. The molecule has 84 valence electrons. The van der Waals surface area contributed by atoms with Crippen molar-refractivity contribution in [2.24, 2.45) is 4.99 Å². The molecule has 0 spiro atoms. The van der Waals surface area contributed by atoms with E-state index in [-0.39, 0.29) is 0 Å². The molecule has 0 bridgehead atoms. The normalized spacial score (nSPS) is 16.9. The fraction of sp³-hybridized carbons (Fsp3) is 0.364. The summed E-state index contributed by atoms with van der Waals surface area (Å²) in [7, 11) is 1.98. The minimum Gasteiger partial charge on any atom is -0.454 e. The number of rotatable bonds is 1. The van der Waals surface area contributed by atoms with E-state index in [1.54, 1.807) is 0 Å². The van der Waals surface area contributed by atoms with Crippen LogP contribution in [0.4, 0.5) is 5.69 Å². The Labute approximate surface area is 93.7 Å². The number of fused-ring (bicyclic) bond motifs is 1. The van der Waals surface area contributed by atoms with Crippen molar-refractivity contribution in [3.8, 4) is 11.5 Å².